The fraction of sp³-hybridized carbons (Fsp3) is 0.0556. The van der Waals surface area contributed by atoms with Crippen molar-refractivity contribution in [2.45, 2.75) is 0 Å². The van der Waals surface area contributed by atoms with Gasteiger partial charge in [-0.15, -0.1) is 0 Å². The number of carbonyl (C=O) groups excluding carboxylic acids is 2. The van der Waals surface area contributed by atoms with Gasteiger partial charge in [0.05, 0.1) is 7.11 Å². The molecule has 0 spiro atoms. The van der Waals surface area contributed by atoms with E-state index in [2.05, 4.69) is 15.8 Å². The van der Waals surface area contributed by atoms with E-state index in [0.717, 1.165) is 0 Å². The van der Waals surface area contributed by atoms with Crippen LogP contribution in [0.1, 0.15) is 20.7 Å². The minimum absolute atomic E-state index is 0.147. The minimum atomic E-state index is -0.746. The summed E-state index contributed by atoms with van der Waals surface area (Å²) in [4.78, 5) is 39.7. The van der Waals surface area contributed by atoms with Crippen LogP contribution in [0.3, 0.4) is 0 Å². The number of rotatable bonds is 3. The molecule has 2 aromatic carbocycles. The van der Waals surface area contributed by atoms with E-state index in [-0.39, 0.29) is 10.9 Å². The number of pyridine rings is 1. The van der Waals surface area contributed by atoms with E-state index in [1.807, 2.05) is 0 Å². The molecule has 3 rings (SSSR count). The van der Waals surface area contributed by atoms with Gasteiger partial charge in [-0.2, -0.15) is 0 Å². The highest BCUT2D eigenvalue weighted by Gasteiger charge is 2.15. The Bertz CT molecular complexity index is 1060. The van der Waals surface area contributed by atoms with Crippen LogP contribution >= 0.6 is 11.6 Å². The number of amides is 2. The van der Waals surface area contributed by atoms with E-state index in [4.69, 9.17) is 16.3 Å². The largest absolute Gasteiger partial charge is 0.497 e. The molecule has 0 unspecified atom stereocenters. The van der Waals surface area contributed by atoms with E-state index >= 15 is 0 Å². The Balaban J connectivity index is 1.78. The molecule has 1 heterocycles. The Morgan fingerprint density at radius 2 is 1.85 bits per heavy atom. The molecule has 132 valence electrons. The lowest BCUT2D eigenvalue weighted by molar-refractivity contribution is 0.0846. The maximum atomic E-state index is 12.5. The molecule has 1 aromatic heterocycles. The first kappa shape index (κ1) is 17.5. The molecule has 0 saturated heterocycles. The summed E-state index contributed by atoms with van der Waals surface area (Å²) >= 11 is 5.90. The third-order valence-electron chi connectivity index (χ3n) is 3.71. The normalized spacial score (nSPS) is 10.4. The number of H-pyrrole nitrogens is 1. The van der Waals surface area contributed by atoms with Gasteiger partial charge in [0.2, 0.25) is 5.43 Å². The maximum absolute atomic E-state index is 12.5. The van der Waals surface area contributed by atoms with Crippen LogP contribution in [0.5, 0.6) is 5.75 Å². The topological polar surface area (TPSA) is 100 Å². The molecule has 0 fully saturated rings. The predicted molar refractivity (Wildman–Crippen MR) is 97.5 cm³/mol. The highest BCUT2D eigenvalue weighted by molar-refractivity contribution is 6.31. The van der Waals surface area contributed by atoms with Crippen molar-refractivity contribution < 1.29 is 14.3 Å². The molecule has 3 N–H and O–H groups in total. The first-order chi connectivity index (χ1) is 12.5. The zero-order valence-electron chi connectivity index (χ0n) is 13.6. The van der Waals surface area contributed by atoms with Crippen molar-refractivity contribution in [1.29, 1.82) is 0 Å². The summed E-state index contributed by atoms with van der Waals surface area (Å²) in [6.07, 6.45) is 1.28. The number of benzene rings is 2. The number of ether oxygens (including phenoxy) is 1. The van der Waals surface area contributed by atoms with E-state index in [1.165, 1.54) is 25.4 Å². The molecule has 3 aromatic rings. The number of hydrazine groups is 1. The average Bonchev–Trinajstić information content (AvgIpc) is 2.66. The fourth-order valence-electron chi connectivity index (χ4n) is 2.38. The van der Waals surface area contributed by atoms with Gasteiger partial charge in [0.1, 0.15) is 11.3 Å². The number of halogens is 1. The van der Waals surface area contributed by atoms with Gasteiger partial charge >= 0.3 is 0 Å². The van der Waals surface area contributed by atoms with E-state index in [9.17, 15) is 14.4 Å². The number of carbonyl (C=O) groups is 2. The van der Waals surface area contributed by atoms with Crippen molar-refractivity contribution in [3.63, 3.8) is 0 Å². The van der Waals surface area contributed by atoms with E-state index < -0.39 is 17.2 Å². The van der Waals surface area contributed by atoms with Gasteiger partial charge < -0.3 is 9.72 Å². The highest BCUT2D eigenvalue weighted by atomic mass is 35.5. The summed E-state index contributed by atoms with van der Waals surface area (Å²) in [5.41, 5.74) is 4.69. The highest BCUT2D eigenvalue weighted by Crippen LogP contribution is 2.15. The van der Waals surface area contributed by atoms with Crippen molar-refractivity contribution >= 4 is 34.3 Å². The molecule has 2 amide bonds. The van der Waals surface area contributed by atoms with Crippen LogP contribution in [-0.2, 0) is 0 Å². The minimum Gasteiger partial charge on any atom is -0.497 e. The predicted octanol–water partition coefficient (Wildman–Crippen LogP) is 2.26. The molecule has 0 aliphatic heterocycles. The van der Waals surface area contributed by atoms with Crippen LogP contribution in [0.25, 0.3) is 10.9 Å². The summed E-state index contributed by atoms with van der Waals surface area (Å²) < 4.78 is 5.04. The lowest BCUT2D eigenvalue weighted by atomic mass is 10.1. The quantitative estimate of drug-likeness (QED) is 0.615. The molecule has 0 atom stereocenters. The Morgan fingerprint density at radius 1 is 1.08 bits per heavy atom. The Kier molecular flexibility index (Phi) is 4.90. The van der Waals surface area contributed by atoms with Gasteiger partial charge in [0.25, 0.3) is 11.8 Å². The lowest BCUT2D eigenvalue weighted by Crippen LogP contribution is -2.43. The molecular formula is C18H14ClN3O4. The summed E-state index contributed by atoms with van der Waals surface area (Å²) in [5, 5.41) is 0.663. The van der Waals surface area contributed by atoms with Crippen LogP contribution in [0.15, 0.2) is 53.5 Å². The maximum Gasteiger partial charge on any atom is 0.275 e. The lowest BCUT2D eigenvalue weighted by Gasteiger charge is -2.08. The van der Waals surface area contributed by atoms with Crippen molar-refractivity contribution in [2.24, 2.45) is 0 Å². The van der Waals surface area contributed by atoms with Crippen molar-refractivity contribution in [1.82, 2.24) is 15.8 Å². The van der Waals surface area contributed by atoms with Crippen molar-refractivity contribution in [3.8, 4) is 5.75 Å². The average molecular weight is 372 g/mol. The molecule has 7 nitrogen and oxygen atoms in total. The van der Waals surface area contributed by atoms with Crippen LogP contribution in [0.2, 0.25) is 5.02 Å². The molecule has 0 saturated carbocycles. The van der Waals surface area contributed by atoms with Gasteiger partial charge in [0, 0.05) is 27.7 Å². The van der Waals surface area contributed by atoms with E-state index in [0.29, 0.717) is 21.9 Å². The van der Waals surface area contributed by atoms with Crippen LogP contribution in [-0.4, -0.2) is 23.9 Å². The summed E-state index contributed by atoms with van der Waals surface area (Å²) in [5.74, 6) is -0.784. The van der Waals surface area contributed by atoms with Crippen molar-refractivity contribution in [3.05, 3.63) is 75.0 Å². The number of nitrogens with one attached hydrogen (secondary N) is 3. The first-order valence-corrected chi connectivity index (χ1v) is 7.93. The van der Waals surface area contributed by atoms with E-state index in [1.54, 1.807) is 30.3 Å². The zero-order valence-corrected chi connectivity index (χ0v) is 14.4. The van der Waals surface area contributed by atoms with Gasteiger partial charge in [0.15, 0.2) is 0 Å². The first-order valence-electron chi connectivity index (χ1n) is 7.55. The third-order valence-corrected chi connectivity index (χ3v) is 3.94. The standard InChI is InChI=1S/C18H14ClN3O4/c1-26-12-4-2-3-10(7-12)17(24)21-22-18(25)14-9-20-15-6-5-11(19)8-13(15)16(14)23/h2-9H,1H3,(H,20,23)(H,21,24)(H,22,25). The van der Waals surface area contributed by atoms with Gasteiger partial charge in [-0.05, 0) is 36.4 Å². The zero-order chi connectivity index (χ0) is 18.7. The number of methoxy groups -OCH3 is 1. The summed E-state index contributed by atoms with van der Waals surface area (Å²) in [6, 6.07) is 11.2. The van der Waals surface area contributed by atoms with Gasteiger partial charge in [-0.25, -0.2) is 0 Å². The second-order valence-corrected chi connectivity index (χ2v) is 5.80. The Labute approximate surface area is 152 Å². The van der Waals surface area contributed by atoms with Crippen LogP contribution < -0.4 is 21.0 Å². The number of fused-ring (bicyclic) bond motifs is 1. The third kappa shape index (κ3) is 3.52. The SMILES string of the molecule is COc1cccc(C(=O)NNC(=O)c2c[nH]c3ccc(Cl)cc3c2=O)c1. The van der Waals surface area contributed by atoms with Crippen molar-refractivity contribution in [2.75, 3.05) is 7.11 Å². The second kappa shape index (κ2) is 7.28. The second-order valence-electron chi connectivity index (χ2n) is 5.36. The monoisotopic (exact) mass is 371 g/mol. The molecule has 0 aliphatic rings. The Hall–Kier alpha value is -3.32. The molecule has 0 aliphatic carbocycles. The Morgan fingerprint density at radius 3 is 2.62 bits per heavy atom. The molecule has 8 heteroatoms. The van der Waals surface area contributed by atoms with Crippen LogP contribution in [0, 0.1) is 0 Å². The molecular weight excluding hydrogens is 358 g/mol. The summed E-state index contributed by atoms with van der Waals surface area (Å²) in [7, 11) is 1.48. The molecule has 0 bridgehead atoms. The number of aromatic nitrogens is 1. The molecule has 26 heavy (non-hydrogen) atoms. The summed E-state index contributed by atoms with van der Waals surface area (Å²) in [6.45, 7) is 0. The molecule has 0 radical (unpaired) electrons. The van der Waals surface area contributed by atoms with Crippen LogP contribution in [0.4, 0.5) is 0 Å². The van der Waals surface area contributed by atoms with Gasteiger partial charge in [-0.1, -0.05) is 17.7 Å². The smallest absolute Gasteiger partial charge is 0.275 e. The number of aromatic amines is 1. The fourth-order valence-corrected chi connectivity index (χ4v) is 2.55. The number of hydrogen-bond donors (Lipinski definition) is 3. The number of hydrogen-bond acceptors (Lipinski definition) is 4. The van der Waals surface area contributed by atoms with Gasteiger partial charge in [-0.3, -0.25) is 25.2 Å².